The van der Waals surface area contributed by atoms with E-state index < -0.39 is 0 Å². The third kappa shape index (κ3) is 1.36. The summed E-state index contributed by atoms with van der Waals surface area (Å²) in [5.41, 5.74) is 3.84. The summed E-state index contributed by atoms with van der Waals surface area (Å²) >= 11 is 4.92. The molecule has 0 nitrogen and oxygen atoms in total. The molecular formula is C26H40S. The summed E-state index contributed by atoms with van der Waals surface area (Å²) in [6.45, 7) is 10.3. The van der Waals surface area contributed by atoms with Crippen molar-refractivity contribution in [3.63, 3.8) is 0 Å². The maximum Gasteiger partial charge on any atom is -0.00436 e. The van der Waals surface area contributed by atoms with Gasteiger partial charge in [0.15, 0.2) is 0 Å². The Morgan fingerprint density at radius 2 is 1.81 bits per heavy atom. The molecule has 1 heteroatoms. The van der Waals surface area contributed by atoms with Gasteiger partial charge in [-0.1, -0.05) is 34.1 Å². The first-order valence-corrected chi connectivity index (χ1v) is 13.1. The second kappa shape index (κ2) is 4.50. The van der Waals surface area contributed by atoms with E-state index in [1.165, 1.54) is 25.2 Å². The molecule has 0 aromatic heterocycles. The van der Waals surface area contributed by atoms with Crippen molar-refractivity contribution >= 4 is 12.6 Å². The van der Waals surface area contributed by atoms with E-state index in [-0.39, 0.29) is 0 Å². The molecule has 12 atom stereocenters. The van der Waals surface area contributed by atoms with Crippen LogP contribution in [-0.2, 0) is 0 Å². The summed E-state index contributed by atoms with van der Waals surface area (Å²) in [4.78, 5) is 0. The largest absolute Gasteiger partial charge is 0.179 e. The molecule has 7 rings (SSSR count). The highest BCUT2D eigenvalue weighted by atomic mass is 32.1. The van der Waals surface area contributed by atoms with Crippen LogP contribution in [-0.4, -0.2) is 5.75 Å². The first-order chi connectivity index (χ1) is 12.8. The van der Waals surface area contributed by atoms with E-state index in [1.54, 1.807) is 38.5 Å². The predicted molar refractivity (Wildman–Crippen MR) is 115 cm³/mol. The Hall–Kier alpha value is 0.350. The van der Waals surface area contributed by atoms with Crippen LogP contribution in [0.3, 0.4) is 0 Å². The van der Waals surface area contributed by atoms with Crippen LogP contribution in [0.5, 0.6) is 0 Å². The van der Waals surface area contributed by atoms with E-state index in [1.807, 2.05) is 0 Å². The number of rotatable bonds is 4. The maximum atomic E-state index is 4.92. The maximum absolute atomic E-state index is 4.92. The Bertz CT molecular complexity index is 722. The van der Waals surface area contributed by atoms with Gasteiger partial charge in [0, 0.05) is 0 Å². The number of hydrogen-bond donors (Lipinski definition) is 1. The number of hydrogen-bond acceptors (Lipinski definition) is 1. The third-order valence-electron chi connectivity index (χ3n) is 13.0. The van der Waals surface area contributed by atoms with E-state index in [4.69, 9.17) is 12.6 Å². The van der Waals surface area contributed by atoms with Crippen molar-refractivity contribution in [2.75, 3.05) is 5.75 Å². The van der Waals surface area contributed by atoms with E-state index in [9.17, 15) is 0 Å². The van der Waals surface area contributed by atoms with Gasteiger partial charge in [-0.05, 0) is 126 Å². The van der Waals surface area contributed by atoms with E-state index in [0.29, 0.717) is 5.41 Å². The van der Waals surface area contributed by atoms with Gasteiger partial charge in [-0.15, -0.1) is 0 Å². The molecule has 2 spiro atoms. The van der Waals surface area contributed by atoms with Crippen LogP contribution in [0, 0.1) is 68.5 Å². The normalized spacial score (nSPS) is 69.7. The average molecular weight is 385 g/mol. The van der Waals surface area contributed by atoms with Crippen molar-refractivity contribution in [1.82, 2.24) is 0 Å². The van der Waals surface area contributed by atoms with Crippen molar-refractivity contribution in [1.29, 1.82) is 0 Å². The molecule has 0 saturated heterocycles. The number of fused-ring (bicyclic) bond motifs is 3. The third-order valence-corrected chi connectivity index (χ3v) is 13.8. The molecular weight excluding hydrogens is 344 g/mol. The Kier molecular flexibility index (Phi) is 2.84. The van der Waals surface area contributed by atoms with Crippen LogP contribution < -0.4 is 0 Å². The van der Waals surface area contributed by atoms with Gasteiger partial charge in [-0.25, -0.2) is 0 Å². The molecule has 150 valence electrons. The van der Waals surface area contributed by atoms with Crippen LogP contribution in [0.25, 0.3) is 0 Å². The van der Waals surface area contributed by atoms with Gasteiger partial charge in [0.2, 0.25) is 0 Å². The molecule has 7 aliphatic carbocycles. The smallest absolute Gasteiger partial charge is 0.00436 e. The van der Waals surface area contributed by atoms with Crippen molar-refractivity contribution in [3.05, 3.63) is 0 Å². The van der Waals surface area contributed by atoms with Crippen LogP contribution in [0.1, 0.15) is 85.5 Å². The highest BCUT2D eigenvalue weighted by Crippen LogP contribution is 3.08. The predicted octanol–water partition coefficient (Wildman–Crippen LogP) is 6.85. The quantitative estimate of drug-likeness (QED) is 0.504. The molecule has 7 saturated carbocycles. The Labute approximate surface area is 172 Å². The zero-order valence-corrected chi connectivity index (χ0v) is 19.0. The minimum absolute atomic E-state index is 0.508. The first kappa shape index (κ1) is 17.1. The lowest BCUT2D eigenvalue weighted by atomic mass is 8.98. The van der Waals surface area contributed by atoms with E-state index in [0.717, 1.165) is 62.9 Å². The molecule has 0 aliphatic heterocycles. The van der Waals surface area contributed by atoms with Gasteiger partial charge in [0.25, 0.3) is 0 Å². The summed E-state index contributed by atoms with van der Waals surface area (Å²) < 4.78 is 0. The molecule has 4 bridgehead atoms. The van der Waals surface area contributed by atoms with Gasteiger partial charge in [0.1, 0.15) is 0 Å². The second-order valence-corrected chi connectivity index (χ2v) is 13.9. The van der Waals surface area contributed by atoms with Crippen LogP contribution in [0.4, 0.5) is 0 Å². The van der Waals surface area contributed by atoms with Gasteiger partial charge >= 0.3 is 0 Å². The molecule has 0 radical (unpaired) electrons. The van der Waals surface area contributed by atoms with Crippen molar-refractivity contribution in [2.24, 2.45) is 68.5 Å². The van der Waals surface area contributed by atoms with Gasteiger partial charge in [0.05, 0.1) is 0 Å². The molecule has 7 aliphatic rings. The fourth-order valence-corrected chi connectivity index (χ4v) is 13.4. The van der Waals surface area contributed by atoms with Crippen LogP contribution in [0.15, 0.2) is 0 Å². The molecule has 0 amide bonds. The molecule has 0 aromatic rings. The van der Waals surface area contributed by atoms with Crippen LogP contribution in [0.2, 0.25) is 0 Å². The Morgan fingerprint density at radius 1 is 1.04 bits per heavy atom. The lowest BCUT2D eigenvalue weighted by Crippen LogP contribution is -3.01. The fraction of sp³-hybridized carbons (Fsp3) is 1.00. The first-order valence-electron chi connectivity index (χ1n) is 12.4. The fourth-order valence-electron chi connectivity index (χ4n) is 13.1. The van der Waals surface area contributed by atoms with Gasteiger partial charge in [-0.3, -0.25) is 0 Å². The van der Waals surface area contributed by atoms with E-state index >= 15 is 0 Å². The average Bonchev–Trinajstić information content (AvgIpc) is 2.58. The second-order valence-electron chi connectivity index (χ2n) is 13.6. The summed E-state index contributed by atoms with van der Waals surface area (Å²) in [5.74, 6) is 8.59. The highest BCUT2D eigenvalue weighted by Gasteiger charge is 3.02. The Balaban J connectivity index is 1.39. The van der Waals surface area contributed by atoms with Gasteiger partial charge < -0.3 is 0 Å². The van der Waals surface area contributed by atoms with Crippen molar-refractivity contribution in [2.45, 2.75) is 85.5 Å². The molecule has 27 heavy (non-hydrogen) atoms. The number of thiol groups is 1. The lowest BCUT2D eigenvalue weighted by Gasteiger charge is -3.06. The molecule has 7 fully saturated rings. The summed E-state index contributed by atoms with van der Waals surface area (Å²) in [6, 6.07) is 0. The summed E-state index contributed by atoms with van der Waals surface area (Å²) in [7, 11) is 0. The SMILES string of the molecule is CCC(C)CC12CC3CC(C)(CS)CC4CC56CCC57C(C4C)C3C7(C1)C26. The molecule has 0 N–H and O–H groups in total. The summed E-state index contributed by atoms with van der Waals surface area (Å²) in [5, 5.41) is 0. The Morgan fingerprint density at radius 3 is 2.48 bits per heavy atom. The van der Waals surface area contributed by atoms with Gasteiger partial charge in [-0.2, -0.15) is 12.6 Å². The monoisotopic (exact) mass is 384 g/mol. The lowest BCUT2D eigenvalue weighted by molar-refractivity contribution is -0.589. The molecule has 0 aromatic carbocycles. The zero-order valence-electron chi connectivity index (χ0n) is 18.1. The van der Waals surface area contributed by atoms with Crippen LogP contribution >= 0.6 is 12.6 Å². The molecule has 0 heterocycles. The molecule has 12 unspecified atom stereocenters. The topological polar surface area (TPSA) is 0 Å². The minimum Gasteiger partial charge on any atom is -0.179 e. The highest BCUT2D eigenvalue weighted by molar-refractivity contribution is 7.80. The summed E-state index contributed by atoms with van der Waals surface area (Å²) in [6.07, 6.45) is 14.1. The van der Waals surface area contributed by atoms with Crippen molar-refractivity contribution < 1.29 is 0 Å². The van der Waals surface area contributed by atoms with Crippen molar-refractivity contribution in [3.8, 4) is 0 Å². The zero-order chi connectivity index (χ0) is 18.6. The van der Waals surface area contributed by atoms with E-state index in [2.05, 4.69) is 27.7 Å². The minimum atomic E-state index is 0.508. The standard InChI is InChI=1S/C26H40S/c1-5-15(2)8-23-11-18-10-22(4,14-27)9-17-12-24-6-7-26(24)19(16(17)3)20(18)25(26,13-23)21(23)24/h15-21,27H,5-14H2,1-4H3.